The highest BCUT2D eigenvalue weighted by Crippen LogP contribution is 2.40. The Hall–Kier alpha value is -4.10. The third-order valence-corrected chi connectivity index (χ3v) is 9.95. The minimum Gasteiger partial charge on any atom is -0.309 e. The van der Waals surface area contributed by atoms with Gasteiger partial charge in [0.15, 0.2) is 0 Å². The van der Waals surface area contributed by atoms with E-state index in [4.69, 9.17) is 0 Å². The van der Waals surface area contributed by atoms with Crippen molar-refractivity contribution in [1.82, 2.24) is 4.57 Å². The van der Waals surface area contributed by atoms with Crippen molar-refractivity contribution in [3.05, 3.63) is 137 Å². The fraction of sp³-hybridized carbons (Fsp3) is 0.348. The van der Waals surface area contributed by atoms with Crippen molar-refractivity contribution >= 4 is 21.8 Å². The fourth-order valence-corrected chi connectivity index (χ4v) is 6.86. The molecule has 0 saturated carbocycles. The monoisotopic (exact) mass is 619 g/mol. The fourth-order valence-electron chi connectivity index (χ4n) is 6.86. The maximum atomic E-state index is 2.43. The van der Waals surface area contributed by atoms with Gasteiger partial charge in [0.2, 0.25) is 0 Å². The Bertz CT molecular complexity index is 1990. The molecule has 1 heteroatoms. The molecule has 0 saturated heterocycles. The Morgan fingerprint density at radius 1 is 0.489 bits per heavy atom. The van der Waals surface area contributed by atoms with Gasteiger partial charge in [-0.15, -0.1) is 0 Å². The van der Waals surface area contributed by atoms with Gasteiger partial charge >= 0.3 is 0 Å². The average Bonchev–Trinajstić information content (AvgIpc) is 3.54. The smallest absolute Gasteiger partial charge is 0.0544 e. The van der Waals surface area contributed by atoms with Gasteiger partial charge in [0.05, 0.1) is 11.0 Å². The quantitative estimate of drug-likeness (QED) is 0.181. The zero-order valence-electron chi connectivity index (χ0n) is 30.5. The number of hydrogen-bond donors (Lipinski definition) is 0. The Morgan fingerprint density at radius 3 is 1.43 bits per heavy atom. The molecule has 0 amide bonds. The third-order valence-electron chi connectivity index (χ3n) is 9.95. The maximum absolute atomic E-state index is 2.43. The van der Waals surface area contributed by atoms with Crippen molar-refractivity contribution in [2.24, 2.45) is 0 Å². The first-order chi connectivity index (χ1) is 22.0. The molecular formula is C46H53N. The number of para-hydroxylation sites is 1. The van der Waals surface area contributed by atoms with Crippen LogP contribution in [0.4, 0.5) is 0 Å². The van der Waals surface area contributed by atoms with Gasteiger partial charge in [0.1, 0.15) is 0 Å². The van der Waals surface area contributed by atoms with Crippen LogP contribution in [0.1, 0.15) is 115 Å². The Kier molecular flexibility index (Phi) is 8.28. The van der Waals surface area contributed by atoms with E-state index in [2.05, 4.69) is 184 Å². The van der Waals surface area contributed by atoms with E-state index < -0.39 is 0 Å². The first-order valence-corrected chi connectivity index (χ1v) is 17.4. The van der Waals surface area contributed by atoms with Crippen LogP contribution in [0.5, 0.6) is 0 Å². The van der Waals surface area contributed by atoms with Crippen LogP contribution in [0.25, 0.3) is 38.6 Å². The van der Waals surface area contributed by atoms with Crippen LogP contribution in [0, 0.1) is 0 Å². The number of nitrogens with zero attached hydrogens (tertiary/aromatic N) is 1. The minimum absolute atomic E-state index is 0.128. The normalized spacial score (nSPS) is 13.1. The number of aromatic nitrogens is 1. The van der Waals surface area contributed by atoms with E-state index in [0.717, 1.165) is 6.42 Å². The van der Waals surface area contributed by atoms with Crippen molar-refractivity contribution in [2.75, 3.05) is 0 Å². The van der Waals surface area contributed by atoms with Gasteiger partial charge in [-0.25, -0.2) is 0 Å². The molecule has 0 radical (unpaired) electrons. The van der Waals surface area contributed by atoms with Gasteiger partial charge in [0, 0.05) is 16.5 Å². The first-order valence-electron chi connectivity index (χ1n) is 17.4. The van der Waals surface area contributed by atoms with Crippen LogP contribution in [0.3, 0.4) is 0 Å². The summed E-state index contributed by atoms with van der Waals surface area (Å²) < 4.78 is 2.43. The lowest BCUT2D eigenvalue weighted by Gasteiger charge is -2.20. The molecule has 1 aromatic heterocycles. The second-order valence-electron chi connectivity index (χ2n) is 17.0. The van der Waals surface area contributed by atoms with Gasteiger partial charge in [-0.1, -0.05) is 155 Å². The predicted molar refractivity (Wildman–Crippen MR) is 206 cm³/mol. The Morgan fingerprint density at radius 2 is 0.936 bits per heavy atom. The summed E-state index contributed by atoms with van der Waals surface area (Å²) in [5.74, 6) is 0.606. The van der Waals surface area contributed by atoms with Crippen LogP contribution in [-0.2, 0) is 22.7 Å². The summed E-state index contributed by atoms with van der Waals surface area (Å²) in [6.45, 7) is 25.1. The van der Waals surface area contributed by atoms with Crippen LogP contribution < -0.4 is 0 Å². The topological polar surface area (TPSA) is 4.93 Å². The molecule has 0 aliphatic heterocycles. The minimum atomic E-state index is 0.128. The number of benzene rings is 5. The summed E-state index contributed by atoms with van der Waals surface area (Å²) in [4.78, 5) is 0. The van der Waals surface area contributed by atoms with E-state index >= 15 is 0 Å². The first kappa shape index (κ1) is 32.8. The van der Waals surface area contributed by atoms with Crippen LogP contribution in [0.15, 0.2) is 103 Å². The van der Waals surface area contributed by atoms with Gasteiger partial charge < -0.3 is 4.57 Å². The number of rotatable bonds is 2. The molecule has 7 rings (SSSR count). The summed E-state index contributed by atoms with van der Waals surface area (Å²) in [6, 6.07) is 38.7. The van der Waals surface area contributed by atoms with Gasteiger partial charge in [-0.05, 0) is 97.4 Å². The van der Waals surface area contributed by atoms with E-state index in [-0.39, 0.29) is 16.2 Å². The molecule has 0 fully saturated rings. The molecule has 6 aromatic rings. The summed E-state index contributed by atoms with van der Waals surface area (Å²) in [5.41, 5.74) is 15.8. The molecule has 0 unspecified atom stereocenters. The molecule has 5 aromatic carbocycles. The molecule has 1 aliphatic rings. The van der Waals surface area contributed by atoms with E-state index in [0.29, 0.717) is 5.92 Å². The summed E-state index contributed by atoms with van der Waals surface area (Å²) in [6.07, 6.45) is 1.09. The predicted octanol–water partition coefficient (Wildman–Crippen LogP) is 13.1. The molecule has 0 N–H and O–H groups in total. The summed E-state index contributed by atoms with van der Waals surface area (Å²) in [5, 5.41) is 2.64. The number of fused-ring (bicyclic) bond motifs is 6. The molecule has 0 bridgehead atoms. The highest BCUT2D eigenvalue weighted by molar-refractivity contribution is 6.09. The average molecular weight is 620 g/mol. The molecule has 1 nitrogen and oxygen atoms in total. The Balaban J connectivity index is 0.000000172. The molecule has 1 heterocycles. The van der Waals surface area contributed by atoms with Crippen molar-refractivity contribution < 1.29 is 0 Å². The van der Waals surface area contributed by atoms with Crippen molar-refractivity contribution in [3.8, 4) is 16.8 Å². The van der Waals surface area contributed by atoms with E-state index in [9.17, 15) is 0 Å². The van der Waals surface area contributed by atoms with Crippen LogP contribution in [-0.4, -0.2) is 4.57 Å². The summed E-state index contributed by atoms with van der Waals surface area (Å²) >= 11 is 0. The molecule has 1 aliphatic carbocycles. The van der Waals surface area contributed by atoms with Crippen molar-refractivity contribution in [3.63, 3.8) is 0 Å². The number of hydrogen-bond acceptors (Lipinski definition) is 0. The molecule has 242 valence electrons. The van der Waals surface area contributed by atoms with Crippen molar-refractivity contribution in [2.45, 2.75) is 105 Å². The summed E-state index contributed by atoms with van der Waals surface area (Å²) in [7, 11) is 0. The molecule has 47 heavy (non-hydrogen) atoms. The molecule has 0 spiro atoms. The second-order valence-corrected chi connectivity index (χ2v) is 17.0. The van der Waals surface area contributed by atoms with Crippen LogP contribution in [0.2, 0.25) is 0 Å². The molecule has 0 atom stereocenters. The van der Waals surface area contributed by atoms with E-state index in [1.165, 1.54) is 72.0 Å². The lowest BCUT2D eigenvalue weighted by Crippen LogP contribution is -2.11. The highest BCUT2D eigenvalue weighted by atomic mass is 15.0. The Labute approximate surface area is 283 Å². The van der Waals surface area contributed by atoms with Crippen molar-refractivity contribution in [1.29, 1.82) is 0 Å². The van der Waals surface area contributed by atoms with Crippen LogP contribution >= 0.6 is 0 Å². The van der Waals surface area contributed by atoms with Gasteiger partial charge in [-0.2, -0.15) is 0 Å². The highest BCUT2D eigenvalue weighted by Gasteiger charge is 2.23. The molecular weight excluding hydrogens is 567 g/mol. The lowest BCUT2D eigenvalue weighted by molar-refractivity contribution is 0.589. The maximum Gasteiger partial charge on any atom is 0.0544 e. The zero-order valence-corrected chi connectivity index (χ0v) is 30.5. The van der Waals surface area contributed by atoms with Gasteiger partial charge in [-0.3, -0.25) is 0 Å². The standard InChI is InChI=1S/C26H29N.C20H24/c1-25(2,3)18-12-14-21-22-15-13-19(26(4,5)6)17-24(22)27(23(21)16-18)20-10-8-7-9-11-20;1-13(2)14-6-8-18-15(10-14)11-16-12-17(20(3,4)5)7-9-19(16)18/h7-17H,1-6H3;6-10,12-13H,11H2,1-5H3. The van der Waals surface area contributed by atoms with Gasteiger partial charge in [0.25, 0.3) is 0 Å². The largest absolute Gasteiger partial charge is 0.309 e. The SMILES string of the molecule is CC(C)(C)c1ccc2c3ccc(C(C)(C)C)cc3n(-c3ccccc3)c2c1.CC(C)c1ccc2c(c1)Cc1cc(C(C)(C)C)ccc1-2. The lowest BCUT2D eigenvalue weighted by atomic mass is 9.85. The second kappa shape index (κ2) is 11.9. The van der Waals surface area contributed by atoms with E-state index in [1.807, 2.05) is 0 Å². The van der Waals surface area contributed by atoms with E-state index in [1.54, 1.807) is 0 Å². The zero-order chi connectivity index (χ0) is 33.9. The third kappa shape index (κ3) is 6.42.